The Kier molecular flexibility index (Phi) is 6.34. The van der Waals surface area contributed by atoms with Crippen molar-refractivity contribution in [1.82, 2.24) is 9.97 Å². The first-order chi connectivity index (χ1) is 14.4. The molecule has 0 radical (unpaired) electrons. The molecule has 0 saturated carbocycles. The molecule has 144 valence electrons. The van der Waals surface area contributed by atoms with Gasteiger partial charge in [-0.1, -0.05) is 54.6 Å². The zero-order valence-corrected chi connectivity index (χ0v) is 16.6. The minimum Gasteiger partial charge on any atom is -0.368 e. The van der Waals surface area contributed by atoms with Crippen molar-refractivity contribution in [1.29, 1.82) is 0 Å². The Morgan fingerprint density at radius 3 is 2.03 bits per heavy atom. The molecule has 1 aliphatic carbocycles. The van der Waals surface area contributed by atoms with E-state index in [0.717, 1.165) is 0 Å². The van der Waals surface area contributed by atoms with E-state index < -0.39 is 0 Å². The molecule has 1 N–H and O–H groups in total. The van der Waals surface area contributed by atoms with Crippen LogP contribution in [-0.2, 0) is 12.8 Å². The number of aromatic amines is 1. The molecule has 5 aromatic rings. The summed E-state index contributed by atoms with van der Waals surface area (Å²) in [6, 6.07) is 27.6. The molecule has 2 nitrogen and oxygen atoms in total. The molecule has 2 aromatic heterocycles. The minimum absolute atomic E-state index is 1.25. The lowest BCUT2D eigenvalue weighted by molar-refractivity contribution is 0.690. The Balaban J connectivity index is 0.000000152. The largest absolute Gasteiger partial charge is 0.368 e. The lowest BCUT2D eigenvalue weighted by atomic mass is 9.86. The number of pyridine rings is 1. The van der Waals surface area contributed by atoms with Gasteiger partial charge in [0.2, 0.25) is 0 Å². The van der Waals surface area contributed by atoms with Gasteiger partial charge in [0.15, 0.2) is 0 Å². The van der Waals surface area contributed by atoms with E-state index in [4.69, 9.17) is 0 Å². The van der Waals surface area contributed by atoms with Crippen LogP contribution < -0.4 is 0 Å². The smallest absolute Gasteiger partial charge is 0.0267 e. The van der Waals surface area contributed by atoms with Gasteiger partial charge in [-0.25, -0.2) is 0 Å². The van der Waals surface area contributed by atoms with Crippen LogP contribution in [0.3, 0.4) is 0 Å². The van der Waals surface area contributed by atoms with Crippen molar-refractivity contribution in [3.8, 4) is 0 Å². The van der Waals surface area contributed by atoms with E-state index in [1.54, 1.807) is 23.5 Å². The third-order valence-corrected chi connectivity index (χ3v) is 5.32. The van der Waals surface area contributed by atoms with Gasteiger partial charge >= 0.3 is 0 Å². The average Bonchev–Trinajstić information content (AvgIpc) is 3.41. The predicted octanol–water partition coefficient (Wildman–Crippen LogP) is 6.97. The summed E-state index contributed by atoms with van der Waals surface area (Å²) in [7, 11) is 0. The van der Waals surface area contributed by atoms with E-state index in [9.17, 15) is 0 Å². The Bertz CT molecular complexity index is 1100. The topological polar surface area (TPSA) is 28.7 Å². The minimum atomic E-state index is 1.25. The van der Waals surface area contributed by atoms with E-state index in [2.05, 4.69) is 58.5 Å². The van der Waals surface area contributed by atoms with Gasteiger partial charge in [-0.05, 0) is 82.6 Å². The molecule has 6 rings (SSSR count). The van der Waals surface area contributed by atoms with Crippen molar-refractivity contribution >= 4 is 21.5 Å². The highest BCUT2D eigenvalue weighted by Gasteiger charge is 2.13. The van der Waals surface area contributed by atoms with E-state index in [1.165, 1.54) is 47.2 Å². The number of aryl methyl sites for hydroxylation is 2. The summed E-state index contributed by atoms with van der Waals surface area (Å²) in [5, 5.41) is 5.64. The monoisotopic (exact) mass is 378 g/mol. The normalized spacial score (nSPS) is 12.3. The van der Waals surface area contributed by atoms with Crippen LogP contribution in [0.2, 0.25) is 0 Å². The predicted molar refractivity (Wildman–Crippen MR) is 123 cm³/mol. The van der Waals surface area contributed by atoms with Crippen LogP contribution in [0, 0.1) is 0 Å². The lowest BCUT2D eigenvalue weighted by Crippen LogP contribution is -2.02. The van der Waals surface area contributed by atoms with Crippen molar-refractivity contribution in [2.75, 3.05) is 0 Å². The lowest BCUT2D eigenvalue weighted by Gasteiger charge is -2.18. The van der Waals surface area contributed by atoms with E-state index in [-0.39, 0.29) is 0 Å². The highest BCUT2D eigenvalue weighted by molar-refractivity contribution is 6.08. The van der Waals surface area contributed by atoms with Crippen LogP contribution >= 0.6 is 0 Å². The van der Waals surface area contributed by atoms with Crippen LogP contribution in [0.25, 0.3) is 21.5 Å². The molecule has 0 spiro atoms. The Morgan fingerprint density at radius 1 is 0.586 bits per heavy atom. The highest BCUT2D eigenvalue weighted by atomic mass is 14.6. The van der Waals surface area contributed by atoms with Crippen LogP contribution in [-0.4, -0.2) is 9.97 Å². The second-order valence-corrected chi connectivity index (χ2v) is 7.20. The van der Waals surface area contributed by atoms with Gasteiger partial charge in [-0.3, -0.25) is 4.98 Å². The summed E-state index contributed by atoms with van der Waals surface area (Å²) in [6.45, 7) is 0. The summed E-state index contributed by atoms with van der Waals surface area (Å²) in [5.41, 5.74) is 3.17. The molecule has 2 heteroatoms. The molecule has 3 aromatic carbocycles. The first-order valence-corrected chi connectivity index (χ1v) is 10.3. The fraction of sp³-hybridized carbons (Fsp3) is 0.148. The number of rotatable bonds is 0. The number of benzene rings is 3. The molecular weight excluding hydrogens is 352 g/mol. The van der Waals surface area contributed by atoms with Crippen molar-refractivity contribution in [3.05, 3.63) is 115 Å². The fourth-order valence-corrected chi connectivity index (χ4v) is 3.93. The third-order valence-electron chi connectivity index (χ3n) is 5.32. The maximum absolute atomic E-state index is 3.78. The second-order valence-electron chi connectivity index (χ2n) is 7.20. The van der Waals surface area contributed by atoms with Crippen LogP contribution in [0.1, 0.15) is 24.0 Å². The Labute approximate surface area is 172 Å². The molecule has 29 heavy (non-hydrogen) atoms. The van der Waals surface area contributed by atoms with Crippen molar-refractivity contribution in [2.24, 2.45) is 0 Å². The number of nitrogens with zero attached hydrogens (tertiary/aromatic N) is 1. The van der Waals surface area contributed by atoms with Crippen molar-refractivity contribution in [3.63, 3.8) is 0 Å². The van der Waals surface area contributed by atoms with Gasteiger partial charge in [0.25, 0.3) is 0 Å². The summed E-state index contributed by atoms with van der Waals surface area (Å²) in [5.74, 6) is 0. The van der Waals surface area contributed by atoms with Crippen LogP contribution in [0.5, 0.6) is 0 Å². The molecule has 1 aliphatic rings. The van der Waals surface area contributed by atoms with Gasteiger partial charge in [0, 0.05) is 24.8 Å². The average molecular weight is 379 g/mol. The first kappa shape index (κ1) is 18.9. The zero-order chi connectivity index (χ0) is 19.7. The number of nitrogens with one attached hydrogen (secondary N) is 1. The van der Waals surface area contributed by atoms with E-state index in [1.807, 2.05) is 42.7 Å². The highest BCUT2D eigenvalue weighted by Crippen LogP contribution is 2.33. The standard InChI is InChI=1S/C18H16.C5H5N.C4H5N/c1-3-7-15-13(5-1)9-11-18-16-8-4-2-6-14(16)10-12-17(15)18;1-2-4-6-5-3-1;1-2-4-5-3-1/h1,3,5,7,9-12H,2,4,6,8H2;1-5H;1-5H. The molecular formula is C27H26N2. The van der Waals surface area contributed by atoms with E-state index >= 15 is 0 Å². The fourth-order valence-electron chi connectivity index (χ4n) is 3.93. The number of hydrogen-bond acceptors (Lipinski definition) is 1. The number of H-pyrrole nitrogens is 1. The van der Waals surface area contributed by atoms with E-state index in [0.29, 0.717) is 0 Å². The molecule has 0 bridgehead atoms. The number of hydrogen-bond donors (Lipinski definition) is 1. The van der Waals surface area contributed by atoms with Gasteiger partial charge in [-0.15, -0.1) is 0 Å². The molecule has 2 heterocycles. The Morgan fingerprint density at radius 2 is 1.34 bits per heavy atom. The number of fused-ring (bicyclic) bond motifs is 5. The Hall–Kier alpha value is -3.39. The maximum Gasteiger partial charge on any atom is 0.0267 e. The summed E-state index contributed by atoms with van der Waals surface area (Å²) in [6.07, 6.45) is 12.5. The van der Waals surface area contributed by atoms with Gasteiger partial charge < -0.3 is 4.98 Å². The van der Waals surface area contributed by atoms with Crippen molar-refractivity contribution in [2.45, 2.75) is 25.7 Å². The molecule has 0 aliphatic heterocycles. The molecule has 0 fully saturated rings. The van der Waals surface area contributed by atoms with Gasteiger partial charge in [-0.2, -0.15) is 0 Å². The zero-order valence-electron chi connectivity index (χ0n) is 16.6. The number of aromatic nitrogens is 2. The first-order valence-electron chi connectivity index (χ1n) is 10.3. The molecule has 0 atom stereocenters. The summed E-state index contributed by atoms with van der Waals surface area (Å²) >= 11 is 0. The molecule has 0 amide bonds. The van der Waals surface area contributed by atoms with Gasteiger partial charge in [0.1, 0.15) is 0 Å². The maximum atomic E-state index is 3.78. The molecule has 0 saturated heterocycles. The third kappa shape index (κ3) is 4.72. The second kappa shape index (κ2) is 9.70. The van der Waals surface area contributed by atoms with Crippen molar-refractivity contribution < 1.29 is 0 Å². The SMILES string of the molecule is c1cc[nH]c1.c1ccc2c(c1)ccc1c3c(ccc12)CCCC3.c1ccncc1. The quantitative estimate of drug-likeness (QED) is 0.290. The summed E-state index contributed by atoms with van der Waals surface area (Å²) in [4.78, 5) is 6.65. The summed E-state index contributed by atoms with van der Waals surface area (Å²) < 4.78 is 0. The van der Waals surface area contributed by atoms with Gasteiger partial charge in [0.05, 0.1) is 0 Å². The van der Waals surface area contributed by atoms with Crippen LogP contribution in [0.4, 0.5) is 0 Å². The van der Waals surface area contributed by atoms with Crippen LogP contribution in [0.15, 0.2) is 104 Å². The molecule has 0 unspecified atom stereocenters.